The third-order valence-electron chi connectivity index (χ3n) is 2.32. The smallest absolute Gasteiger partial charge is 0.203 e. The second-order valence-electron chi connectivity index (χ2n) is 3.41. The highest BCUT2D eigenvalue weighted by atomic mass is 32.1. The Morgan fingerprint density at radius 1 is 1.25 bits per heavy atom. The molecular formula is C12H11N3S. The summed E-state index contributed by atoms with van der Waals surface area (Å²) >= 11 is 1.53. The average Bonchev–Trinajstić information content (AvgIpc) is 2.61. The largest absolute Gasteiger partial charge is 0.224 e. The summed E-state index contributed by atoms with van der Waals surface area (Å²) in [7, 11) is 0. The van der Waals surface area contributed by atoms with Gasteiger partial charge in [-0.25, -0.2) is 9.88 Å². The molecule has 0 bridgehead atoms. The van der Waals surface area contributed by atoms with Gasteiger partial charge in [-0.1, -0.05) is 18.2 Å². The molecule has 16 heavy (non-hydrogen) atoms. The SMILES string of the molecule is Cc1nc(N(C#N)c2ccccc2)sc1C. The van der Waals surface area contributed by atoms with Crippen molar-refractivity contribution in [3.05, 3.63) is 40.9 Å². The third-order valence-corrected chi connectivity index (χ3v) is 3.38. The maximum absolute atomic E-state index is 9.18. The zero-order valence-corrected chi connectivity index (χ0v) is 9.95. The van der Waals surface area contributed by atoms with Gasteiger partial charge in [-0.05, 0) is 26.0 Å². The zero-order chi connectivity index (χ0) is 11.5. The molecule has 0 atom stereocenters. The number of benzene rings is 1. The van der Waals surface area contributed by atoms with Crippen molar-refractivity contribution in [2.75, 3.05) is 4.90 Å². The highest BCUT2D eigenvalue weighted by Gasteiger charge is 2.13. The van der Waals surface area contributed by atoms with Crippen LogP contribution >= 0.6 is 11.3 Å². The Bertz CT molecular complexity index is 505. The summed E-state index contributed by atoms with van der Waals surface area (Å²) in [4.78, 5) is 7.07. The van der Waals surface area contributed by atoms with Crippen molar-refractivity contribution >= 4 is 22.2 Å². The molecule has 0 N–H and O–H groups in total. The molecule has 1 aromatic heterocycles. The van der Waals surface area contributed by atoms with Gasteiger partial charge in [0, 0.05) is 4.88 Å². The molecular weight excluding hydrogens is 218 g/mol. The van der Waals surface area contributed by atoms with Crippen LogP contribution in [0, 0.1) is 25.3 Å². The van der Waals surface area contributed by atoms with E-state index in [0.717, 1.165) is 21.4 Å². The van der Waals surface area contributed by atoms with Gasteiger partial charge in [0.15, 0.2) is 6.19 Å². The van der Waals surface area contributed by atoms with Crippen molar-refractivity contribution in [2.24, 2.45) is 0 Å². The molecule has 0 saturated carbocycles. The fourth-order valence-electron chi connectivity index (χ4n) is 1.34. The van der Waals surface area contributed by atoms with Crippen molar-refractivity contribution in [1.29, 1.82) is 5.26 Å². The van der Waals surface area contributed by atoms with E-state index in [2.05, 4.69) is 11.2 Å². The van der Waals surface area contributed by atoms with Gasteiger partial charge >= 0.3 is 0 Å². The van der Waals surface area contributed by atoms with Gasteiger partial charge in [0.1, 0.15) is 0 Å². The number of thiazole rings is 1. The monoisotopic (exact) mass is 229 g/mol. The summed E-state index contributed by atoms with van der Waals surface area (Å²) in [6.07, 6.45) is 2.16. The Hall–Kier alpha value is -1.86. The fourth-order valence-corrected chi connectivity index (χ4v) is 2.23. The van der Waals surface area contributed by atoms with Gasteiger partial charge in [-0.15, -0.1) is 11.3 Å². The van der Waals surface area contributed by atoms with Crippen molar-refractivity contribution in [3.8, 4) is 6.19 Å². The minimum atomic E-state index is 0.726. The molecule has 3 nitrogen and oxygen atoms in total. The molecule has 1 heterocycles. The lowest BCUT2D eigenvalue weighted by atomic mass is 10.3. The molecule has 0 aliphatic carbocycles. The molecule has 0 spiro atoms. The van der Waals surface area contributed by atoms with Crippen LogP contribution in [0.1, 0.15) is 10.6 Å². The maximum Gasteiger partial charge on any atom is 0.203 e. The van der Waals surface area contributed by atoms with E-state index in [1.807, 2.05) is 44.2 Å². The minimum absolute atomic E-state index is 0.726. The molecule has 0 fully saturated rings. The van der Waals surface area contributed by atoms with E-state index in [-0.39, 0.29) is 0 Å². The Balaban J connectivity index is 2.42. The molecule has 1 aromatic carbocycles. The molecule has 2 rings (SSSR count). The molecule has 0 unspecified atom stereocenters. The van der Waals surface area contributed by atoms with Crippen molar-refractivity contribution in [1.82, 2.24) is 4.98 Å². The number of nitrogens with zero attached hydrogens (tertiary/aromatic N) is 3. The van der Waals surface area contributed by atoms with E-state index in [1.165, 1.54) is 11.3 Å². The van der Waals surface area contributed by atoms with Crippen LogP contribution in [0.15, 0.2) is 30.3 Å². The van der Waals surface area contributed by atoms with Gasteiger partial charge in [-0.3, -0.25) is 0 Å². The number of para-hydroxylation sites is 1. The van der Waals surface area contributed by atoms with E-state index >= 15 is 0 Å². The van der Waals surface area contributed by atoms with Crippen LogP contribution < -0.4 is 4.90 Å². The van der Waals surface area contributed by atoms with Crippen molar-refractivity contribution in [2.45, 2.75) is 13.8 Å². The highest BCUT2D eigenvalue weighted by Crippen LogP contribution is 2.30. The zero-order valence-electron chi connectivity index (χ0n) is 9.14. The molecule has 80 valence electrons. The topological polar surface area (TPSA) is 39.9 Å². The number of anilines is 2. The molecule has 0 aliphatic rings. The van der Waals surface area contributed by atoms with Crippen LogP contribution in [0.5, 0.6) is 0 Å². The molecule has 0 amide bonds. The van der Waals surface area contributed by atoms with Crippen LogP contribution in [-0.2, 0) is 0 Å². The molecule has 2 aromatic rings. The first kappa shape index (κ1) is 10.7. The van der Waals surface area contributed by atoms with Crippen LogP contribution in [0.2, 0.25) is 0 Å². The fraction of sp³-hybridized carbons (Fsp3) is 0.167. The van der Waals surface area contributed by atoms with Gasteiger partial charge < -0.3 is 0 Å². The lowest BCUT2D eigenvalue weighted by Crippen LogP contribution is -2.07. The van der Waals surface area contributed by atoms with Gasteiger partial charge in [-0.2, -0.15) is 5.26 Å². The first-order chi connectivity index (χ1) is 7.72. The number of hydrogen-bond acceptors (Lipinski definition) is 4. The lowest BCUT2D eigenvalue weighted by molar-refractivity contribution is 1.17. The van der Waals surface area contributed by atoms with E-state index in [9.17, 15) is 5.26 Å². The van der Waals surface area contributed by atoms with Gasteiger partial charge in [0.2, 0.25) is 5.13 Å². The highest BCUT2D eigenvalue weighted by molar-refractivity contribution is 7.15. The Morgan fingerprint density at radius 3 is 2.44 bits per heavy atom. The second-order valence-corrected chi connectivity index (χ2v) is 4.59. The van der Waals surface area contributed by atoms with Gasteiger partial charge in [0.25, 0.3) is 0 Å². The molecule has 0 aliphatic heterocycles. The third kappa shape index (κ3) is 1.90. The number of rotatable bonds is 2. The van der Waals surface area contributed by atoms with Crippen molar-refractivity contribution < 1.29 is 0 Å². The van der Waals surface area contributed by atoms with E-state index in [0.29, 0.717) is 0 Å². The lowest BCUT2D eigenvalue weighted by Gasteiger charge is -2.11. The average molecular weight is 229 g/mol. The second kappa shape index (κ2) is 4.33. The molecule has 4 heteroatoms. The number of nitriles is 1. The Labute approximate surface area is 98.6 Å². The van der Waals surface area contributed by atoms with E-state index in [1.54, 1.807) is 4.90 Å². The van der Waals surface area contributed by atoms with E-state index in [4.69, 9.17) is 0 Å². The maximum atomic E-state index is 9.18. The van der Waals surface area contributed by atoms with Crippen molar-refractivity contribution in [3.63, 3.8) is 0 Å². The summed E-state index contributed by atoms with van der Waals surface area (Å²) in [5.41, 5.74) is 1.83. The standard InChI is InChI=1S/C12H11N3S/c1-9-10(2)16-12(14-9)15(8-13)11-6-4-3-5-7-11/h3-7H,1-2H3. The van der Waals surface area contributed by atoms with Crippen LogP contribution in [-0.4, -0.2) is 4.98 Å². The van der Waals surface area contributed by atoms with Crippen LogP contribution in [0.25, 0.3) is 0 Å². The minimum Gasteiger partial charge on any atom is -0.224 e. The Kier molecular flexibility index (Phi) is 2.88. The summed E-state index contributed by atoms with van der Waals surface area (Å²) in [5, 5.41) is 9.90. The summed E-state index contributed by atoms with van der Waals surface area (Å²) < 4.78 is 0. The van der Waals surface area contributed by atoms with E-state index < -0.39 is 0 Å². The predicted molar refractivity (Wildman–Crippen MR) is 65.8 cm³/mol. The van der Waals surface area contributed by atoms with Crippen LogP contribution in [0.4, 0.5) is 10.8 Å². The summed E-state index contributed by atoms with van der Waals surface area (Å²) in [6, 6.07) is 9.54. The molecule has 0 radical (unpaired) electrons. The predicted octanol–water partition coefficient (Wildman–Crippen LogP) is 3.38. The normalized spacial score (nSPS) is 9.81. The Morgan fingerprint density at radius 2 is 1.94 bits per heavy atom. The summed E-state index contributed by atoms with van der Waals surface area (Å²) in [6.45, 7) is 3.97. The summed E-state index contributed by atoms with van der Waals surface area (Å²) in [5.74, 6) is 0. The quantitative estimate of drug-likeness (QED) is 0.585. The molecule has 0 saturated heterocycles. The first-order valence-corrected chi connectivity index (χ1v) is 5.73. The number of aryl methyl sites for hydroxylation is 2. The van der Waals surface area contributed by atoms with Crippen LogP contribution in [0.3, 0.4) is 0 Å². The van der Waals surface area contributed by atoms with Gasteiger partial charge in [0.05, 0.1) is 11.4 Å². The first-order valence-electron chi connectivity index (χ1n) is 4.91. The number of aromatic nitrogens is 1. The number of hydrogen-bond donors (Lipinski definition) is 0.